The fourth-order valence-corrected chi connectivity index (χ4v) is 4.88. The first-order valence-electron chi connectivity index (χ1n) is 11.1. The summed E-state index contributed by atoms with van der Waals surface area (Å²) in [5.74, 6) is 1.06. The van der Waals surface area contributed by atoms with Crippen LogP contribution in [0.1, 0.15) is 38.4 Å². The number of aromatic nitrogens is 2. The molecule has 2 N–H and O–H groups in total. The first kappa shape index (κ1) is 22.3. The van der Waals surface area contributed by atoms with Gasteiger partial charge in [0, 0.05) is 51.3 Å². The number of ether oxygens (including phenoxy) is 2. The molecule has 5 unspecified atom stereocenters. The third-order valence-corrected chi connectivity index (χ3v) is 6.42. The summed E-state index contributed by atoms with van der Waals surface area (Å²) in [7, 11) is 1.53. The average molecular weight is 437 g/mol. The highest BCUT2D eigenvalue weighted by Crippen LogP contribution is 2.40. The number of carbonyl (C=O) groups is 1. The number of methoxy groups -OCH3 is 1. The largest absolute Gasteiger partial charge is 0.375 e. The molecule has 172 valence electrons. The summed E-state index contributed by atoms with van der Waals surface area (Å²) in [5, 5.41) is 0. The number of rotatable bonds is 6. The molecule has 4 rings (SSSR count). The summed E-state index contributed by atoms with van der Waals surface area (Å²) < 4.78 is 25.4. The molecule has 0 spiro atoms. The van der Waals surface area contributed by atoms with Gasteiger partial charge < -0.3 is 19.3 Å². The number of hydrogen-bond acceptors (Lipinski definition) is 8. The van der Waals surface area contributed by atoms with Gasteiger partial charge in [-0.25, -0.2) is 19.8 Å². The number of halogens is 1. The summed E-state index contributed by atoms with van der Waals surface area (Å²) >= 11 is 0. The van der Waals surface area contributed by atoms with Gasteiger partial charge in [0.25, 0.3) is 0 Å². The van der Waals surface area contributed by atoms with Crippen LogP contribution in [0.2, 0.25) is 0 Å². The first-order chi connectivity index (χ1) is 15.0. The zero-order valence-electron chi connectivity index (χ0n) is 18.5. The monoisotopic (exact) mass is 436 g/mol. The predicted molar refractivity (Wildman–Crippen MR) is 113 cm³/mol. The highest BCUT2D eigenvalue weighted by Gasteiger charge is 2.46. The summed E-state index contributed by atoms with van der Waals surface area (Å²) in [6.45, 7) is 6.71. The third kappa shape index (κ3) is 4.97. The number of nitrogens with zero attached hydrogens (tertiary/aromatic N) is 4. The van der Waals surface area contributed by atoms with Crippen LogP contribution in [0.25, 0.3) is 0 Å². The maximum Gasteiger partial charge on any atom is 0.248 e. The van der Waals surface area contributed by atoms with Crippen molar-refractivity contribution in [2.24, 2.45) is 5.92 Å². The minimum Gasteiger partial charge on any atom is -0.375 e. The average Bonchev–Trinajstić information content (AvgIpc) is 3.16. The number of alkyl halides is 1. The van der Waals surface area contributed by atoms with Crippen LogP contribution in [-0.4, -0.2) is 85.1 Å². The van der Waals surface area contributed by atoms with Crippen LogP contribution < -0.4 is 15.8 Å². The Balaban J connectivity index is 1.42. The number of nitrogens with one attached hydrogen (secondary N) is 2. The van der Waals surface area contributed by atoms with Crippen molar-refractivity contribution >= 4 is 11.7 Å². The van der Waals surface area contributed by atoms with E-state index in [-0.39, 0.29) is 42.7 Å². The second kappa shape index (κ2) is 9.72. The van der Waals surface area contributed by atoms with Gasteiger partial charge >= 0.3 is 0 Å². The van der Waals surface area contributed by atoms with E-state index in [9.17, 15) is 9.18 Å². The second-order valence-corrected chi connectivity index (χ2v) is 8.85. The van der Waals surface area contributed by atoms with E-state index in [2.05, 4.69) is 25.7 Å². The molecule has 5 atom stereocenters. The number of piperazine rings is 1. The van der Waals surface area contributed by atoms with Crippen molar-refractivity contribution in [1.82, 2.24) is 25.7 Å². The molecule has 1 aromatic rings. The summed E-state index contributed by atoms with van der Waals surface area (Å²) in [6.07, 6.45) is 1.32. The third-order valence-electron chi connectivity index (χ3n) is 6.42. The lowest BCUT2D eigenvalue weighted by Crippen LogP contribution is -2.50. The lowest BCUT2D eigenvalue weighted by atomic mass is 9.78. The lowest BCUT2D eigenvalue weighted by molar-refractivity contribution is -0.135. The number of carbonyl (C=O) groups excluding carboxylic acids is 1. The van der Waals surface area contributed by atoms with Gasteiger partial charge in [0.1, 0.15) is 24.9 Å². The SMILES string of the molecule is COCC(=O)N1CCN(c2cc(C3NNC4CC(F)C(OC(C)C)CC43)ncn2)CC1. The normalized spacial score (nSPS) is 31.2. The molecule has 0 bridgehead atoms. The van der Waals surface area contributed by atoms with Crippen molar-refractivity contribution in [1.29, 1.82) is 0 Å². The van der Waals surface area contributed by atoms with Gasteiger partial charge in [-0.2, -0.15) is 0 Å². The Morgan fingerprint density at radius 3 is 2.71 bits per heavy atom. The van der Waals surface area contributed by atoms with Crippen molar-refractivity contribution in [3.8, 4) is 0 Å². The molecular weight excluding hydrogens is 403 g/mol. The number of anilines is 1. The topological polar surface area (TPSA) is 91.9 Å². The molecule has 3 aliphatic rings. The molecular formula is C21H33FN6O3. The Morgan fingerprint density at radius 2 is 2.00 bits per heavy atom. The van der Waals surface area contributed by atoms with Gasteiger partial charge in [-0.05, 0) is 26.7 Å². The first-order valence-corrected chi connectivity index (χ1v) is 11.1. The summed E-state index contributed by atoms with van der Waals surface area (Å²) in [6, 6.07) is 2.04. The molecule has 2 aliphatic heterocycles. The minimum absolute atomic E-state index is 0.000613. The second-order valence-electron chi connectivity index (χ2n) is 8.85. The lowest BCUT2D eigenvalue weighted by Gasteiger charge is -2.37. The fraction of sp³-hybridized carbons (Fsp3) is 0.762. The van der Waals surface area contributed by atoms with E-state index < -0.39 is 6.17 Å². The molecule has 1 amide bonds. The van der Waals surface area contributed by atoms with Crippen LogP contribution >= 0.6 is 0 Å². The van der Waals surface area contributed by atoms with E-state index >= 15 is 0 Å². The summed E-state index contributed by atoms with van der Waals surface area (Å²) in [5.41, 5.74) is 7.48. The van der Waals surface area contributed by atoms with Crippen LogP contribution in [-0.2, 0) is 14.3 Å². The molecule has 0 radical (unpaired) electrons. The van der Waals surface area contributed by atoms with Gasteiger partial charge in [0.2, 0.25) is 5.91 Å². The highest BCUT2D eigenvalue weighted by atomic mass is 19.1. The predicted octanol–water partition coefficient (Wildman–Crippen LogP) is 0.831. The molecule has 9 nitrogen and oxygen atoms in total. The van der Waals surface area contributed by atoms with Crippen LogP contribution in [0.4, 0.5) is 10.2 Å². The van der Waals surface area contributed by atoms with Gasteiger partial charge in [-0.1, -0.05) is 0 Å². The number of hydrogen-bond donors (Lipinski definition) is 2. The number of hydrazine groups is 1. The molecule has 1 aromatic heterocycles. The molecule has 2 saturated heterocycles. The smallest absolute Gasteiger partial charge is 0.248 e. The Bertz CT molecular complexity index is 760. The van der Waals surface area contributed by atoms with Crippen molar-refractivity contribution in [2.75, 3.05) is 44.8 Å². The summed E-state index contributed by atoms with van der Waals surface area (Å²) in [4.78, 5) is 25.0. The van der Waals surface area contributed by atoms with Crippen molar-refractivity contribution in [3.05, 3.63) is 18.1 Å². The van der Waals surface area contributed by atoms with Gasteiger partial charge in [-0.15, -0.1) is 0 Å². The molecule has 0 aromatic carbocycles. The van der Waals surface area contributed by atoms with Crippen molar-refractivity contribution in [3.63, 3.8) is 0 Å². The Hall–Kier alpha value is -1.88. The van der Waals surface area contributed by atoms with Gasteiger partial charge in [0.05, 0.1) is 23.9 Å². The Kier molecular flexibility index (Phi) is 7.00. The maximum atomic E-state index is 14.6. The van der Waals surface area contributed by atoms with E-state index in [1.807, 2.05) is 24.8 Å². The van der Waals surface area contributed by atoms with Crippen LogP contribution in [0.5, 0.6) is 0 Å². The fourth-order valence-electron chi connectivity index (χ4n) is 4.88. The zero-order chi connectivity index (χ0) is 22.0. The van der Waals surface area contributed by atoms with Crippen LogP contribution in [0.15, 0.2) is 12.4 Å². The Morgan fingerprint density at radius 1 is 1.23 bits per heavy atom. The number of amides is 1. The van der Waals surface area contributed by atoms with Crippen LogP contribution in [0.3, 0.4) is 0 Å². The van der Waals surface area contributed by atoms with E-state index in [4.69, 9.17) is 9.47 Å². The molecule has 31 heavy (non-hydrogen) atoms. The minimum atomic E-state index is -0.963. The molecule has 3 fully saturated rings. The van der Waals surface area contributed by atoms with Crippen molar-refractivity contribution < 1.29 is 18.7 Å². The van der Waals surface area contributed by atoms with Crippen LogP contribution in [0, 0.1) is 5.92 Å². The Labute approximate surface area is 182 Å². The molecule has 3 heterocycles. The number of fused-ring (bicyclic) bond motifs is 1. The molecule has 10 heteroatoms. The molecule has 1 saturated carbocycles. The standard InChI is InChI=1S/C21H33FN6O3/c1-13(2)31-18-8-14-16(9-15(18)22)25-26-21(14)17-10-19(24-12-23-17)27-4-6-28(7-5-27)20(29)11-30-3/h10,12-16,18,21,25-26H,4-9,11H2,1-3H3. The van der Waals surface area contributed by atoms with Gasteiger partial charge in [0.15, 0.2) is 0 Å². The van der Waals surface area contributed by atoms with E-state index in [1.54, 1.807) is 6.33 Å². The molecule has 1 aliphatic carbocycles. The van der Waals surface area contributed by atoms with E-state index in [0.29, 0.717) is 39.0 Å². The van der Waals surface area contributed by atoms with E-state index in [0.717, 1.165) is 11.5 Å². The van der Waals surface area contributed by atoms with E-state index in [1.165, 1.54) is 7.11 Å². The zero-order valence-corrected chi connectivity index (χ0v) is 18.5. The highest BCUT2D eigenvalue weighted by molar-refractivity contribution is 5.77. The van der Waals surface area contributed by atoms with Crippen molar-refractivity contribution in [2.45, 2.75) is 57.2 Å². The van der Waals surface area contributed by atoms with Gasteiger partial charge in [-0.3, -0.25) is 10.2 Å². The quantitative estimate of drug-likeness (QED) is 0.678. The maximum absolute atomic E-state index is 14.6.